The Hall–Kier alpha value is -1.07. The Morgan fingerprint density at radius 1 is 1.42 bits per heavy atom. The molecule has 0 bridgehead atoms. The normalized spacial score (nSPS) is 17.3. The number of nitrogen functional groups attached to an aromatic ring is 1. The molecule has 106 valence electrons. The highest BCUT2D eigenvalue weighted by Crippen LogP contribution is 2.34. The summed E-state index contributed by atoms with van der Waals surface area (Å²) < 4.78 is 27.1. The van der Waals surface area contributed by atoms with Gasteiger partial charge in [0.25, 0.3) is 0 Å². The number of hydrogen-bond donors (Lipinski definition) is 2. The van der Waals surface area contributed by atoms with E-state index in [4.69, 9.17) is 5.73 Å². The highest BCUT2D eigenvalue weighted by atomic mass is 32.2. The standard InChI is InChI=1S/C14H22N2O2S/c1-2-14(9-11-6-7-11)16-19(17,18)10-12-4-3-5-13(15)8-12/h3-5,8,11,14,16H,2,6-7,9-10,15H2,1H3. The van der Waals surface area contributed by atoms with E-state index in [2.05, 4.69) is 4.72 Å². The monoisotopic (exact) mass is 282 g/mol. The summed E-state index contributed by atoms with van der Waals surface area (Å²) in [5.74, 6) is 0.721. The van der Waals surface area contributed by atoms with Gasteiger partial charge in [-0.2, -0.15) is 0 Å². The summed E-state index contributed by atoms with van der Waals surface area (Å²) in [6.45, 7) is 2.02. The van der Waals surface area contributed by atoms with E-state index < -0.39 is 10.0 Å². The van der Waals surface area contributed by atoms with E-state index in [0.717, 1.165) is 24.3 Å². The van der Waals surface area contributed by atoms with Crippen molar-refractivity contribution in [2.75, 3.05) is 5.73 Å². The molecule has 4 nitrogen and oxygen atoms in total. The average Bonchev–Trinajstić information content (AvgIpc) is 3.11. The van der Waals surface area contributed by atoms with E-state index in [1.165, 1.54) is 12.8 Å². The van der Waals surface area contributed by atoms with Crippen molar-refractivity contribution in [3.8, 4) is 0 Å². The molecule has 1 aliphatic carbocycles. The first-order valence-corrected chi connectivity index (χ1v) is 8.48. The maximum atomic E-state index is 12.1. The first-order chi connectivity index (χ1) is 8.98. The maximum absolute atomic E-state index is 12.1. The van der Waals surface area contributed by atoms with Gasteiger partial charge in [-0.05, 0) is 36.5 Å². The summed E-state index contributed by atoms with van der Waals surface area (Å²) in [7, 11) is -3.29. The molecule has 0 saturated heterocycles. The van der Waals surface area contributed by atoms with Gasteiger partial charge in [0.05, 0.1) is 5.75 Å². The minimum atomic E-state index is -3.29. The van der Waals surface area contributed by atoms with Crippen LogP contribution in [0.3, 0.4) is 0 Å². The van der Waals surface area contributed by atoms with E-state index in [0.29, 0.717) is 5.69 Å². The second-order valence-corrected chi connectivity index (χ2v) is 7.16. The van der Waals surface area contributed by atoms with Crippen molar-refractivity contribution in [3.05, 3.63) is 29.8 Å². The van der Waals surface area contributed by atoms with Crippen LogP contribution in [0.15, 0.2) is 24.3 Å². The van der Waals surface area contributed by atoms with Crippen LogP contribution in [-0.2, 0) is 15.8 Å². The van der Waals surface area contributed by atoms with Gasteiger partial charge in [-0.1, -0.05) is 31.9 Å². The van der Waals surface area contributed by atoms with Crippen LogP contribution in [0.2, 0.25) is 0 Å². The van der Waals surface area contributed by atoms with Crippen LogP contribution >= 0.6 is 0 Å². The second-order valence-electron chi connectivity index (χ2n) is 5.41. The molecule has 0 aliphatic heterocycles. The van der Waals surface area contributed by atoms with Gasteiger partial charge in [0.15, 0.2) is 0 Å². The zero-order valence-electron chi connectivity index (χ0n) is 11.3. The number of anilines is 1. The third-order valence-electron chi connectivity index (χ3n) is 3.46. The summed E-state index contributed by atoms with van der Waals surface area (Å²) in [5.41, 5.74) is 6.99. The van der Waals surface area contributed by atoms with Gasteiger partial charge in [-0.15, -0.1) is 0 Å². The Bertz CT molecular complexity index is 524. The van der Waals surface area contributed by atoms with E-state index in [1.54, 1.807) is 24.3 Å². The molecule has 0 spiro atoms. The Balaban J connectivity index is 1.96. The molecular formula is C14H22N2O2S. The molecule has 1 fully saturated rings. The Labute approximate surface area is 115 Å². The van der Waals surface area contributed by atoms with Crippen molar-refractivity contribution in [1.29, 1.82) is 0 Å². The minimum absolute atomic E-state index is 0.000787. The van der Waals surface area contributed by atoms with Gasteiger partial charge in [0.1, 0.15) is 0 Å². The largest absolute Gasteiger partial charge is 0.399 e. The Morgan fingerprint density at radius 2 is 2.16 bits per heavy atom. The van der Waals surface area contributed by atoms with Gasteiger partial charge in [0, 0.05) is 11.7 Å². The molecule has 0 aromatic heterocycles. The van der Waals surface area contributed by atoms with Crippen LogP contribution in [0, 0.1) is 5.92 Å². The molecule has 0 amide bonds. The molecule has 3 N–H and O–H groups in total. The SMILES string of the molecule is CCC(CC1CC1)NS(=O)(=O)Cc1cccc(N)c1. The lowest BCUT2D eigenvalue weighted by Gasteiger charge is -2.16. The molecule has 1 unspecified atom stereocenters. The smallest absolute Gasteiger partial charge is 0.216 e. The van der Waals surface area contributed by atoms with E-state index >= 15 is 0 Å². The van der Waals surface area contributed by atoms with Crippen LogP contribution in [0.1, 0.15) is 38.2 Å². The van der Waals surface area contributed by atoms with Crippen molar-refractivity contribution in [2.24, 2.45) is 5.92 Å². The highest BCUT2D eigenvalue weighted by Gasteiger charge is 2.27. The van der Waals surface area contributed by atoms with Crippen molar-refractivity contribution in [3.63, 3.8) is 0 Å². The number of rotatable bonds is 7. The number of nitrogens with two attached hydrogens (primary N) is 1. The first kappa shape index (κ1) is 14.3. The topological polar surface area (TPSA) is 72.2 Å². The van der Waals surface area contributed by atoms with Crippen LogP contribution in [0.5, 0.6) is 0 Å². The molecular weight excluding hydrogens is 260 g/mol. The molecule has 19 heavy (non-hydrogen) atoms. The quantitative estimate of drug-likeness (QED) is 0.754. The van der Waals surface area contributed by atoms with Crippen molar-refractivity contribution >= 4 is 15.7 Å². The van der Waals surface area contributed by atoms with Crippen molar-refractivity contribution in [2.45, 2.75) is 44.4 Å². The lowest BCUT2D eigenvalue weighted by Crippen LogP contribution is -2.35. The van der Waals surface area contributed by atoms with Crippen molar-refractivity contribution < 1.29 is 8.42 Å². The van der Waals surface area contributed by atoms with Gasteiger partial charge < -0.3 is 5.73 Å². The number of hydrogen-bond acceptors (Lipinski definition) is 3. The van der Waals surface area contributed by atoms with Crippen LogP contribution in [0.4, 0.5) is 5.69 Å². The zero-order chi connectivity index (χ0) is 13.9. The molecule has 2 rings (SSSR count). The van der Waals surface area contributed by atoms with Gasteiger partial charge in [-0.3, -0.25) is 0 Å². The number of benzene rings is 1. The van der Waals surface area contributed by atoms with Crippen LogP contribution in [-0.4, -0.2) is 14.5 Å². The van der Waals surface area contributed by atoms with Gasteiger partial charge in [0.2, 0.25) is 10.0 Å². The Kier molecular flexibility index (Phi) is 4.47. The second kappa shape index (κ2) is 5.92. The fourth-order valence-electron chi connectivity index (χ4n) is 2.25. The summed E-state index contributed by atoms with van der Waals surface area (Å²) in [4.78, 5) is 0. The molecule has 1 aromatic carbocycles. The molecule has 1 saturated carbocycles. The predicted octanol–water partition coefficient (Wildman–Crippen LogP) is 2.27. The van der Waals surface area contributed by atoms with E-state index in [-0.39, 0.29) is 11.8 Å². The third-order valence-corrected chi connectivity index (χ3v) is 4.87. The van der Waals surface area contributed by atoms with Crippen molar-refractivity contribution in [1.82, 2.24) is 4.72 Å². The number of sulfonamides is 1. The molecule has 0 heterocycles. The summed E-state index contributed by atoms with van der Waals surface area (Å²) in [5, 5.41) is 0. The minimum Gasteiger partial charge on any atom is -0.399 e. The summed E-state index contributed by atoms with van der Waals surface area (Å²) in [6.07, 6.45) is 4.29. The molecule has 5 heteroatoms. The fraction of sp³-hybridized carbons (Fsp3) is 0.571. The fourth-order valence-corrected chi connectivity index (χ4v) is 3.72. The summed E-state index contributed by atoms with van der Waals surface area (Å²) >= 11 is 0. The molecule has 0 radical (unpaired) electrons. The van der Waals surface area contributed by atoms with Gasteiger partial charge in [-0.25, -0.2) is 13.1 Å². The molecule has 1 atom stereocenters. The van der Waals surface area contributed by atoms with Crippen LogP contribution in [0.25, 0.3) is 0 Å². The van der Waals surface area contributed by atoms with Gasteiger partial charge >= 0.3 is 0 Å². The maximum Gasteiger partial charge on any atom is 0.216 e. The zero-order valence-corrected chi connectivity index (χ0v) is 12.1. The van der Waals surface area contributed by atoms with Crippen LogP contribution < -0.4 is 10.5 Å². The average molecular weight is 282 g/mol. The first-order valence-electron chi connectivity index (χ1n) is 6.83. The molecule has 1 aliphatic rings. The highest BCUT2D eigenvalue weighted by molar-refractivity contribution is 7.88. The molecule has 1 aromatic rings. The predicted molar refractivity (Wildman–Crippen MR) is 78.0 cm³/mol. The van der Waals surface area contributed by atoms with E-state index in [1.807, 2.05) is 6.92 Å². The lowest BCUT2D eigenvalue weighted by molar-refractivity contribution is 0.495. The Morgan fingerprint density at radius 3 is 2.74 bits per heavy atom. The summed E-state index contributed by atoms with van der Waals surface area (Å²) in [6, 6.07) is 7.10. The lowest BCUT2D eigenvalue weighted by atomic mass is 10.1. The number of nitrogens with one attached hydrogen (secondary N) is 1. The third kappa shape index (κ3) is 4.84. The van der Waals surface area contributed by atoms with E-state index in [9.17, 15) is 8.42 Å².